The smallest absolute Gasteiger partial charge is 0.243 e. The van der Waals surface area contributed by atoms with Crippen molar-refractivity contribution in [2.45, 2.75) is 30.9 Å². The summed E-state index contributed by atoms with van der Waals surface area (Å²) in [5.41, 5.74) is 0. The summed E-state index contributed by atoms with van der Waals surface area (Å²) >= 11 is 0. The van der Waals surface area contributed by atoms with Crippen LogP contribution in [0.15, 0.2) is 29.2 Å². The van der Waals surface area contributed by atoms with E-state index in [1.165, 1.54) is 27.9 Å². The van der Waals surface area contributed by atoms with E-state index in [4.69, 9.17) is 9.47 Å². The number of hydrogen-bond donors (Lipinski definition) is 0. The van der Waals surface area contributed by atoms with Gasteiger partial charge in [-0.25, -0.2) is 16.8 Å². The largest absolute Gasteiger partial charge is 0.497 e. The molecule has 0 spiro atoms. The van der Waals surface area contributed by atoms with Gasteiger partial charge in [-0.3, -0.25) is 0 Å². The average Bonchev–Trinajstić information content (AvgIpc) is 2.99. The van der Waals surface area contributed by atoms with Crippen LogP contribution in [0.2, 0.25) is 0 Å². The van der Waals surface area contributed by atoms with Crippen molar-refractivity contribution in [3.05, 3.63) is 24.3 Å². The van der Waals surface area contributed by atoms with E-state index in [9.17, 15) is 16.8 Å². The van der Waals surface area contributed by atoms with Crippen molar-refractivity contribution in [1.82, 2.24) is 8.61 Å². The number of hydrogen-bond acceptors (Lipinski definition) is 6. The van der Waals surface area contributed by atoms with Gasteiger partial charge in [-0.15, -0.1) is 0 Å². The quantitative estimate of drug-likeness (QED) is 0.701. The number of benzene rings is 1. The van der Waals surface area contributed by atoms with Crippen molar-refractivity contribution < 1.29 is 26.3 Å². The van der Waals surface area contributed by atoms with Crippen LogP contribution in [0.3, 0.4) is 0 Å². The van der Waals surface area contributed by atoms with Gasteiger partial charge in [0.05, 0.1) is 36.5 Å². The SMILES string of the molecule is COc1ccc(S(=O)(=O)N2C[C@@H]3OCCS(=O)(=O)N(CC(C)C)[C@@H]3C2)cc1. The van der Waals surface area contributed by atoms with Gasteiger partial charge >= 0.3 is 0 Å². The third-order valence-corrected chi connectivity index (χ3v) is 8.51. The van der Waals surface area contributed by atoms with Gasteiger partial charge < -0.3 is 9.47 Å². The van der Waals surface area contributed by atoms with Crippen LogP contribution >= 0.6 is 0 Å². The Hall–Kier alpha value is -1.20. The lowest BCUT2D eigenvalue weighted by Crippen LogP contribution is -2.47. The third kappa shape index (κ3) is 4.14. The predicted octanol–water partition coefficient (Wildman–Crippen LogP) is 0.755. The number of methoxy groups -OCH3 is 1. The molecule has 0 aliphatic carbocycles. The van der Waals surface area contributed by atoms with Gasteiger partial charge in [0.25, 0.3) is 0 Å². The van der Waals surface area contributed by atoms with Crippen LogP contribution in [0.1, 0.15) is 13.8 Å². The molecule has 0 bridgehead atoms. The van der Waals surface area contributed by atoms with E-state index < -0.39 is 32.2 Å². The highest BCUT2D eigenvalue weighted by Crippen LogP contribution is 2.30. The molecule has 2 atom stereocenters. The van der Waals surface area contributed by atoms with E-state index in [0.29, 0.717) is 12.3 Å². The van der Waals surface area contributed by atoms with Crippen LogP contribution in [0.25, 0.3) is 0 Å². The van der Waals surface area contributed by atoms with Crippen LogP contribution in [0, 0.1) is 5.92 Å². The summed E-state index contributed by atoms with van der Waals surface area (Å²) in [6.45, 7) is 4.54. The molecule has 0 N–H and O–H groups in total. The van der Waals surface area contributed by atoms with Crippen molar-refractivity contribution in [2.75, 3.05) is 39.1 Å². The molecule has 0 aromatic heterocycles. The molecule has 27 heavy (non-hydrogen) atoms. The van der Waals surface area contributed by atoms with Crippen LogP contribution in [-0.4, -0.2) is 76.7 Å². The Balaban J connectivity index is 1.88. The fraction of sp³-hybridized carbons (Fsp3) is 0.647. The fourth-order valence-corrected chi connectivity index (χ4v) is 6.65. The second-order valence-corrected chi connectivity index (χ2v) is 11.2. The standard InChI is InChI=1S/C17H26N2O6S2/c1-13(2)10-19-16-11-18(12-17(16)25-8-9-26(19,20)21)27(22,23)15-6-4-14(24-3)5-7-15/h4-7,13,16-17H,8-12H2,1-3H3/t16-,17+/m1/s1. The Bertz CT molecular complexity index is 867. The summed E-state index contributed by atoms with van der Waals surface area (Å²) in [5.74, 6) is 0.627. The van der Waals surface area contributed by atoms with E-state index in [2.05, 4.69) is 0 Å². The predicted molar refractivity (Wildman–Crippen MR) is 101 cm³/mol. The lowest BCUT2D eigenvalue weighted by molar-refractivity contribution is 0.0476. The first kappa shape index (κ1) is 20.5. The maximum Gasteiger partial charge on any atom is 0.243 e. The molecule has 1 aromatic rings. The summed E-state index contributed by atoms with van der Waals surface area (Å²) < 4.78 is 64.9. The van der Waals surface area contributed by atoms with Crippen molar-refractivity contribution >= 4 is 20.0 Å². The summed E-state index contributed by atoms with van der Waals surface area (Å²) in [6, 6.07) is 5.66. The lowest BCUT2D eigenvalue weighted by atomic mass is 10.1. The van der Waals surface area contributed by atoms with E-state index in [-0.39, 0.29) is 36.3 Å². The first-order valence-corrected chi connectivity index (χ1v) is 12.0. The maximum atomic E-state index is 13.0. The molecule has 0 amide bonds. The van der Waals surface area contributed by atoms with Gasteiger partial charge in [0.1, 0.15) is 5.75 Å². The van der Waals surface area contributed by atoms with Gasteiger partial charge in [0, 0.05) is 19.6 Å². The van der Waals surface area contributed by atoms with Gasteiger partial charge in [0.2, 0.25) is 20.0 Å². The highest BCUT2D eigenvalue weighted by Gasteiger charge is 2.47. The molecule has 0 unspecified atom stereocenters. The first-order chi connectivity index (χ1) is 12.6. The van der Waals surface area contributed by atoms with E-state index in [0.717, 1.165) is 0 Å². The summed E-state index contributed by atoms with van der Waals surface area (Å²) in [4.78, 5) is 0.151. The maximum absolute atomic E-state index is 13.0. The molecule has 2 aliphatic heterocycles. The third-order valence-electron chi connectivity index (χ3n) is 4.85. The monoisotopic (exact) mass is 418 g/mol. The highest BCUT2D eigenvalue weighted by atomic mass is 32.2. The topological polar surface area (TPSA) is 93.2 Å². The van der Waals surface area contributed by atoms with Crippen LogP contribution < -0.4 is 4.74 Å². The van der Waals surface area contributed by atoms with E-state index in [1.807, 2.05) is 13.8 Å². The number of fused-ring (bicyclic) bond motifs is 1. The minimum absolute atomic E-state index is 0.0715. The molecule has 2 aliphatic rings. The minimum Gasteiger partial charge on any atom is -0.497 e. The van der Waals surface area contributed by atoms with Crippen molar-refractivity contribution in [3.8, 4) is 5.75 Å². The molecule has 2 heterocycles. The molecule has 0 radical (unpaired) electrons. The zero-order chi connectivity index (χ0) is 19.8. The Morgan fingerprint density at radius 2 is 1.89 bits per heavy atom. The molecule has 2 fully saturated rings. The number of ether oxygens (including phenoxy) is 2. The molecule has 2 saturated heterocycles. The summed E-state index contributed by atoms with van der Waals surface area (Å²) in [6.07, 6.45) is -0.464. The second kappa shape index (κ2) is 7.67. The van der Waals surface area contributed by atoms with E-state index in [1.54, 1.807) is 12.1 Å². The molecular formula is C17H26N2O6S2. The Morgan fingerprint density at radius 3 is 2.48 bits per heavy atom. The zero-order valence-corrected chi connectivity index (χ0v) is 17.4. The van der Waals surface area contributed by atoms with Crippen LogP contribution in [0.5, 0.6) is 5.75 Å². The molecule has 3 rings (SSSR count). The van der Waals surface area contributed by atoms with Gasteiger partial charge in [-0.2, -0.15) is 8.61 Å². The molecule has 10 heteroatoms. The first-order valence-electron chi connectivity index (χ1n) is 8.90. The van der Waals surface area contributed by atoms with Crippen LogP contribution in [-0.2, 0) is 24.8 Å². The van der Waals surface area contributed by atoms with Crippen molar-refractivity contribution in [3.63, 3.8) is 0 Å². The van der Waals surface area contributed by atoms with Crippen LogP contribution in [0.4, 0.5) is 0 Å². The van der Waals surface area contributed by atoms with E-state index >= 15 is 0 Å². The normalized spacial score (nSPS) is 26.7. The number of rotatable bonds is 5. The second-order valence-electron chi connectivity index (χ2n) is 7.25. The molecule has 0 saturated carbocycles. The van der Waals surface area contributed by atoms with Gasteiger partial charge in [-0.05, 0) is 30.2 Å². The molecule has 8 nitrogen and oxygen atoms in total. The highest BCUT2D eigenvalue weighted by molar-refractivity contribution is 7.89. The van der Waals surface area contributed by atoms with Crippen molar-refractivity contribution in [2.24, 2.45) is 5.92 Å². The Morgan fingerprint density at radius 1 is 1.22 bits per heavy atom. The van der Waals surface area contributed by atoms with Gasteiger partial charge in [0.15, 0.2) is 0 Å². The van der Waals surface area contributed by atoms with Gasteiger partial charge in [-0.1, -0.05) is 13.8 Å². The summed E-state index contributed by atoms with van der Waals surface area (Å²) in [7, 11) is -5.72. The Labute approximate surface area is 161 Å². The number of nitrogens with zero attached hydrogens (tertiary/aromatic N) is 2. The molecule has 152 valence electrons. The minimum atomic E-state index is -3.75. The lowest BCUT2D eigenvalue weighted by Gasteiger charge is -2.29. The molecule has 1 aromatic carbocycles. The Kier molecular flexibility index (Phi) is 5.83. The number of sulfonamides is 2. The zero-order valence-electron chi connectivity index (χ0n) is 15.7. The summed E-state index contributed by atoms with van der Waals surface area (Å²) in [5, 5.41) is 0. The fourth-order valence-electron chi connectivity index (χ4n) is 3.49. The molecular weight excluding hydrogens is 392 g/mol. The van der Waals surface area contributed by atoms with Crippen molar-refractivity contribution in [1.29, 1.82) is 0 Å². The average molecular weight is 419 g/mol.